The van der Waals surface area contributed by atoms with Crippen LogP contribution in [0.1, 0.15) is 24.0 Å². The maximum Gasteiger partial charge on any atom is 0.0946 e. The van der Waals surface area contributed by atoms with E-state index in [1.807, 2.05) is 30.9 Å². The zero-order valence-corrected chi connectivity index (χ0v) is 15.1. The number of imidazole rings is 1. The van der Waals surface area contributed by atoms with Crippen LogP contribution in [0.4, 0.5) is 5.69 Å². The molecule has 0 aliphatic heterocycles. The van der Waals surface area contributed by atoms with Crippen molar-refractivity contribution in [3.05, 3.63) is 84.4 Å². The van der Waals surface area contributed by atoms with Gasteiger partial charge in [-0.05, 0) is 48.9 Å². The summed E-state index contributed by atoms with van der Waals surface area (Å²) in [6.07, 6.45) is 9.90. The lowest BCUT2D eigenvalue weighted by atomic mass is 10.1. The first-order chi connectivity index (χ1) is 12.8. The number of anilines is 1. The van der Waals surface area contributed by atoms with Crippen molar-refractivity contribution in [3.63, 3.8) is 0 Å². The highest BCUT2D eigenvalue weighted by Crippen LogP contribution is 2.12. The number of nitrogens with two attached hydrogens (primary N) is 1. The average molecular weight is 349 g/mol. The van der Waals surface area contributed by atoms with Crippen molar-refractivity contribution in [2.75, 3.05) is 12.3 Å². The van der Waals surface area contributed by atoms with E-state index in [0.717, 1.165) is 44.5 Å². The number of nitrogens with zero attached hydrogens (tertiary/aromatic N) is 2. The highest BCUT2D eigenvalue weighted by Gasteiger charge is 2.10. The van der Waals surface area contributed by atoms with Crippen molar-refractivity contribution < 1.29 is 4.74 Å². The van der Waals surface area contributed by atoms with Gasteiger partial charge in [-0.25, -0.2) is 4.98 Å². The van der Waals surface area contributed by atoms with Crippen molar-refractivity contribution in [2.24, 2.45) is 0 Å². The third-order valence-electron chi connectivity index (χ3n) is 4.51. The molecule has 0 amide bonds. The molecule has 0 saturated heterocycles. The Hall–Kier alpha value is -2.59. The van der Waals surface area contributed by atoms with Crippen LogP contribution in [0.3, 0.4) is 0 Å². The monoisotopic (exact) mass is 349 g/mol. The van der Waals surface area contributed by atoms with Gasteiger partial charge in [-0.3, -0.25) is 0 Å². The van der Waals surface area contributed by atoms with Crippen molar-refractivity contribution >= 4 is 5.69 Å². The van der Waals surface area contributed by atoms with Crippen LogP contribution in [0.5, 0.6) is 0 Å². The SMILES string of the molecule is Nc1ccc(CCCOC(CCc2ccccc2)Cn2ccnc2)cc1. The lowest BCUT2D eigenvalue weighted by Gasteiger charge is -2.19. The first kappa shape index (κ1) is 18.2. The first-order valence-electron chi connectivity index (χ1n) is 9.25. The number of benzene rings is 2. The van der Waals surface area contributed by atoms with Crippen LogP contribution in [0.25, 0.3) is 0 Å². The number of hydrogen-bond acceptors (Lipinski definition) is 3. The molecular formula is C22H27N3O. The number of rotatable bonds is 10. The molecule has 26 heavy (non-hydrogen) atoms. The molecule has 1 aromatic heterocycles. The minimum Gasteiger partial charge on any atom is -0.399 e. The van der Waals surface area contributed by atoms with Crippen LogP contribution < -0.4 is 5.73 Å². The molecule has 0 aliphatic rings. The van der Waals surface area contributed by atoms with Gasteiger partial charge < -0.3 is 15.0 Å². The summed E-state index contributed by atoms with van der Waals surface area (Å²) < 4.78 is 8.30. The molecule has 0 saturated carbocycles. The van der Waals surface area contributed by atoms with Crippen LogP contribution in [0, 0.1) is 0 Å². The molecule has 1 atom stereocenters. The number of aromatic nitrogens is 2. The maximum atomic E-state index is 6.21. The van der Waals surface area contributed by atoms with Crippen molar-refractivity contribution in [3.8, 4) is 0 Å². The van der Waals surface area contributed by atoms with Gasteiger partial charge in [-0.1, -0.05) is 42.5 Å². The Morgan fingerprint density at radius 2 is 1.73 bits per heavy atom. The van der Waals surface area contributed by atoms with Crippen LogP contribution in [0.2, 0.25) is 0 Å². The molecule has 2 aromatic carbocycles. The number of ether oxygens (including phenoxy) is 1. The summed E-state index contributed by atoms with van der Waals surface area (Å²) in [5.74, 6) is 0. The van der Waals surface area contributed by atoms with Gasteiger partial charge in [-0.2, -0.15) is 0 Å². The predicted molar refractivity (Wildman–Crippen MR) is 106 cm³/mol. The molecule has 2 N–H and O–H groups in total. The fourth-order valence-corrected chi connectivity index (χ4v) is 3.04. The van der Waals surface area contributed by atoms with Crippen molar-refractivity contribution in [1.82, 2.24) is 9.55 Å². The third kappa shape index (κ3) is 6.05. The molecule has 0 bridgehead atoms. The molecule has 1 heterocycles. The smallest absolute Gasteiger partial charge is 0.0946 e. The van der Waals surface area contributed by atoms with E-state index in [1.165, 1.54) is 11.1 Å². The predicted octanol–water partition coefficient (Wildman–Crippen LogP) is 4.12. The summed E-state index contributed by atoms with van der Waals surface area (Å²) in [5, 5.41) is 0. The summed E-state index contributed by atoms with van der Waals surface area (Å²) >= 11 is 0. The van der Waals surface area contributed by atoms with Gasteiger partial charge in [0.1, 0.15) is 0 Å². The van der Waals surface area contributed by atoms with Gasteiger partial charge in [-0.15, -0.1) is 0 Å². The van der Waals surface area contributed by atoms with Gasteiger partial charge in [0, 0.05) is 31.2 Å². The molecule has 3 aromatic rings. The van der Waals surface area contributed by atoms with Crippen LogP contribution in [-0.2, 0) is 24.1 Å². The Labute approximate surface area is 155 Å². The summed E-state index contributed by atoms with van der Waals surface area (Å²) in [6.45, 7) is 1.60. The maximum absolute atomic E-state index is 6.21. The minimum atomic E-state index is 0.191. The highest BCUT2D eigenvalue weighted by atomic mass is 16.5. The van der Waals surface area contributed by atoms with E-state index in [2.05, 4.69) is 52.0 Å². The van der Waals surface area contributed by atoms with Gasteiger partial charge in [0.05, 0.1) is 12.4 Å². The lowest BCUT2D eigenvalue weighted by molar-refractivity contribution is 0.0346. The van der Waals surface area contributed by atoms with Gasteiger partial charge in [0.2, 0.25) is 0 Å². The molecular weight excluding hydrogens is 322 g/mol. The Kier molecular flexibility index (Phi) is 6.85. The quantitative estimate of drug-likeness (QED) is 0.442. The van der Waals surface area contributed by atoms with E-state index >= 15 is 0 Å². The van der Waals surface area contributed by atoms with Gasteiger partial charge in [0.25, 0.3) is 0 Å². The standard InChI is InChI=1S/C22H27N3O/c23-21-11-8-20(9-12-21)7-4-16-26-22(17-25-15-14-24-18-25)13-10-19-5-2-1-3-6-19/h1-3,5-6,8-9,11-12,14-15,18,22H,4,7,10,13,16-17,23H2. The fraction of sp³-hybridized carbons (Fsp3) is 0.318. The molecule has 0 aliphatic carbocycles. The summed E-state index contributed by atoms with van der Waals surface area (Å²) in [5.41, 5.74) is 9.21. The number of hydrogen-bond donors (Lipinski definition) is 1. The fourth-order valence-electron chi connectivity index (χ4n) is 3.04. The van der Waals surface area contributed by atoms with Gasteiger partial charge >= 0.3 is 0 Å². The Morgan fingerprint density at radius 1 is 0.962 bits per heavy atom. The Morgan fingerprint density at radius 3 is 2.46 bits per heavy atom. The van der Waals surface area contributed by atoms with E-state index in [0.29, 0.717) is 0 Å². The van der Waals surface area contributed by atoms with E-state index in [1.54, 1.807) is 0 Å². The zero-order chi connectivity index (χ0) is 18.0. The van der Waals surface area contributed by atoms with Crippen LogP contribution >= 0.6 is 0 Å². The molecule has 136 valence electrons. The second-order valence-electron chi connectivity index (χ2n) is 6.62. The van der Waals surface area contributed by atoms with Gasteiger partial charge in [0.15, 0.2) is 0 Å². The highest BCUT2D eigenvalue weighted by molar-refractivity contribution is 5.39. The van der Waals surface area contributed by atoms with E-state index in [9.17, 15) is 0 Å². The van der Waals surface area contributed by atoms with E-state index in [4.69, 9.17) is 10.5 Å². The first-order valence-corrected chi connectivity index (χ1v) is 9.25. The van der Waals surface area contributed by atoms with Crippen LogP contribution in [0.15, 0.2) is 73.3 Å². The minimum absolute atomic E-state index is 0.191. The number of aryl methyl sites for hydroxylation is 2. The second kappa shape index (κ2) is 9.78. The van der Waals surface area contributed by atoms with E-state index in [-0.39, 0.29) is 6.10 Å². The normalized spacial score (nSPS) is 12.2. The third-order valence-corrected chi connectivity index (χ3v) is 4.51. The van der Waals surface area contributed by atoms with Crippen LogP contribution in [-0.4, -0.2) is 22.3 Å². The molecule has 4 nitrogen and oxygen atoms in total. The Balaban J connectivity index is 1.47. The molecule has 4 heteroatoms. The second-order valence-corrected chi connectivity index (χ2v) is 6.62. The molecule has 0 fully saturated rings. The Bertz CT molecular complexity index is 739. The van der Waals surface area contributed by atoms with Crippen molar-refractivity contribution in [1.29, 1.82) is 0 Å². The summed E-state index contributed by atoms with van der Waals surface area (Å²) in [7, 11) is 0. The van der Waals surface area contributed by atoms with Crippen molar-refractivity contribution in [2.45, 2.75) is 38.3 Å². The largest absolute Gasteiger partial charge is 0.399 e. The molecule has 0 spiro atoms. The topological polar surface area (TPSA) is 53.1 Å². The summed E-state index contributed by atoms with van der Waals surface area (Å²) in [4.78, 5) is 4.13. The summed E-state index contributed by atoms with van der Waals surface area (Å²) in [6, 6.07) is 18.7. The molecule has 0 radical (unpaired) electrons. The molecule has 1 unspecified atom stereocenters. The zero-order valence-electron chi connectivity index (χ0n) is 15.1. The lowest BCUT2D eigenvalue weighted by Crippen LogP contribution is -2.21. The molecule has 3 rings (SSSR count). The van der Waals surface area contributed by atoms with E-state index < -0.39 is 0 Å². The number of nitrogen functional groups attached to an aromatic ring is 1. The average Bonchev–Trinajstić information content (AvgIpc) is 3.18.